The summed E-state index contributed by atoms with van der Waals surface area (Å²) >= 11 is 1.36. The zero-order valence-electron chi connectivity index (χ0n) is 10.7. The highest BCUT2D eigenvalue weighted by Gasteiger charge is 2.07. The highest BCUT2D eigenvalue weighted by atomic mass is 32.1. The van der Waals surface area contributed by atoms with E-state index in [-0.39, 0.29) is 0 Å². The van der Waals surface area contributed by atoms with E-state index < -0.39 is 6.09 Å². The Kier molecular flexibility index (Phi) is 4.35. The van der Waals surface area contributed by atoms with E-state index in [9.17, 15) is 4.79 Å². The van der Waals surface area contributed by atoms with Crippen LogP contribution in [0.15, 0.2) is 40.8 Å². The molecule has 0 aliphatic rings. The van der Waals surface area contributed by atoms with Gasteiger partial charge >= 0.3 is 6.09 Å². The van der Waals surface area contributed by atoms with Gasteiger partial charge in [-0.2, -0.15) is 0 Å². The molecule has 0 unspecified atom stereocenters. The molecule has 0 aliphatic carbocycles. The van der Waals surface area contributed by atoms with Gasteiger partial charge in [0.2, 0.25) is 4.80 Å². The highest BCUT2D eigenvalue weighted by Crippen LogP contribution is 2.20. The van der Waals surface area contributed by atoms with Gasteiger partial charge in [0.15, 0.2) is 0 Å². The summed E-state index contributed by atoms with van der Waals surface area (Å²) in [6, 6.07) is 7.54. The molecular formula is C13H14N2O3S. The highest BCUT2D eigenvalue weighted by molar-refractivity contribution is 7.07. The summed E-state index contributed by atoms with van der Waals surface area (Å²) in [5.74, 6) is 0.714. The number of nitrogens with zero attached hydrogens (tertiary/aromatic N) is 2. The smallest absolute Gasteiger partial charge is 0.436 e. The minimum atomic E-state index is -0.589. The Labute approximate surface area is 114 Å². The van der Waals surface area contributed by atoms with Gasteiger partial charge in [0.1, 0.15) is 5.75 Å². The maximum absolute atomic E-state index is 11.4. The molecule has 0 spiro atoms. The van der Waals surface area contributed by atoms with Crippen molar-refractivity contribution in [2.24, 2.45) is 4.99 Å². The van der Waals surface area contributed by atoms with Gasteiger partial charge in [-0.05, 0) is 19.1 Å². The van der Waals surface area contributed by atoms with Crippen LogP contribution >= 0.6 is 11.3 Å². The molecule has 6 heteroatoms. The van der Waals surface area contributed by atoms with E-state index in [1.807, 2.05) is 35.8 Å². The van der Waals surface area contributed by atoms with E-state index in [2.05, 4.69) is 4.99 Å². The first kappa shape index (κ1) is 13.4. The van der Waals surface area contributed by atoms with Crippen molar-refractivity contribution in [3.05, 3.63) is 40.6 Å². The largest absolute Gasteiger partial charge is 0.495 e. The van der Waals surface area contributed by atoms with Crippen molar-refractivity contribution >= 4 is 17.4 Å². The Morgan fingerprint density at radius 3 is 2.95 bits per heavy atom. The third-order valence-corrected chi connectivity index (χ3v) is 3.15. The van der Waals surface area contributed by atoms with Crippen molar-refractivity contribution in [1.29, 1.82) is 0 Å². The Morgan fingerprint density at radius 1 is 1.42 bits per heavy atom. The normalized spacial score (nSPS) is 11.4. The van der Waals surface area contributed by atoms with Gasteiger partial charge in [-0.25, -0.2) is 4.79 Å². The molecule has 0 radical (unpaired) electrons. The number of hydrogen-bond donors (Lipinski definition) is 0. The van der Waals surface area contributed by atoms with E-state index in [1.54, 1.807) is 18.6 Å². The second kappa shape index (κ2) is 6.19. The lowest BCUT2D eigenvalue weighted by Gasteiger charge is -2.08. The Morgan fingerprint density at radius 2 is 2.21 bits per heavy atom. The number of benzene rings is 1. The molecule has 1 amide bonds. The third kappa shape index (κ3) is 3.03. The SMILES string of the molecule is CCOC(=O)N=c1sccn1-c1ccccc1OC. The number of rotatable bonds is 3. The Hall–Kier alpha value is -2.08. The van der Waals surface area contributed by atoms with Crippen LogP contribution in [0.3, 0.4) is 0 Å². The molecule has 0 saturated heterocycles. The first-order valence-corrected chi connectivity index (χ1v) is 6.65. The predicted molar refractivity (Wildman–Crippen MR) is 72.8 cm³/mol. The van der Waals surface area contributed by atoms with E-state index in [0.717, 1.165) is 5.69 Å². The van der Waals surface area contributed by atoms with Gasteiger partial charge in [0.05, 0.1) is 19.4 Å². The number of thiazole rings is 1. The summed E-state index contributed by atoms with van der Waals surface area (Å²) in [5, 5.41) is 1.85. The van der Waals surface area contributed by atoms with Gasteiger partial charge < -0.3 is 9.47 Å². The topological polar surface area (TPSA) is 52.8 Å². The third-order valence-electron chi connectivity index (χ3n) is 2.39. The van der Waals surface area contributed by atoms with Crippen LogP contribution in [0, 0.1) is 0 Å². The molecule has 0 fully saturated rings. The van der Waals surface area contributed by atoms with E-state index in [0.29, 0.717) is 17.2 Å². The van der Waals surface area contributed by atoms with E-state index in [4.69, 9.17) is 9.47 Å². The van der Waals surface area contributed by atoms with Crippen LogP contribution in [0.1, 0.15) is 6.92 Å². The second-order valence-corrected chi connectivity index (χ2v) is 4.41. The van der Waals surface area contributed by atoms with Crippen LogP contribution in [0.4, 0.5) is 4.79 Å². The lowest BCUT2D eigenvalue weighted by atomic mass is 10.3. The van der Waals surface area contributed by atoms with E-state index >= 15 is 0 Å². The first-order valence-electron chi connectivity index (χ1n) is 5.77. The summed E-state index contributed by atoms with van der Waals surface area (Å²) < 4.78 is 11.9. The van der Waals surface area contributed by atoms with Crippen molar-refractivity contribution in [3.8, 4) is 11.4 Å². The molecule has 19 heavy (non-hydrogen) atoms. The van der Waals surface area contributed by atoms with E-state index in [1.165, 1.54) is 11.3 Å². The molecule has 2 rings (SSSR count). The zero-order chi connectivity index (χ0) is 13.7. The van der Waals surface area contributed by atoms with Gasteiger partial charge in [-0.15, -0.1) is 16.3 Å². The van der Waals surface area contributed by atoms with Crippen LogP contribution in [-0.2, 0) is 4.74 Å². The van der Waals surface area contributed by atoms with Crippen LogP contribution in [-0.4, -0.2) is 24.4 Å². The second-order valence-electron chi connectivity index (χ2n) is 3.54. The number of amides is 1. The number of para-hydroxylation sites is 2. The molecule has 0 aliphatic heterocycles. The van der Waals surface area contributed by atoms with Crippen LogP contribution in [0.2, 0.25) is 0 Å². The van der Waals surface area contributed by atoms with Gasteiger partial charge in [0.25, 0.3) is 0 Å². The quantitative estimate of drug-likeness (QED) is 0.867. The number of carbonyl (C=O) groups excluding carboxylic acids is 1. The summed E-state index contributed by atoms with van der Waals surface area (Å²) in [6.45, 7) is 2.05. The number of hydrogen-bond acceptors (Lipinski definition) is 4. The standard InChI is InChI=1S/C13H14N2O3S/c1-3-18-13(16)14-12-15(8-9-19-12)10-6-4-5-7-11(10)17-2/h4-9H,3H2,1-2H3. The molecule has 100 valence electrons. The molecule has 1 heterocycles. The lowest BCUT2D eigenvalue weighted by molar-refractivity contribution is 0.162. The summed E-state index contributed by atoms with van der Waals surface area (Å²) in [6.07, 6.45) is 1.24. The predicted octanol–water partition coefficient (Wildman–Crippen LogP) is 2.60. The van der Waals surface area contributed by atoms with Crippen LogP contribution in [0.25, 0.3) is 5.69 Å². The van der Waals surface area contributed by atoms with Crippen LogP contribution < -0.4 is 9.54 Å². The molecule has 1 aromatic heterocycles. The number of ether oxygens (including phenoxy) is 2. The van der Waals surface area contributed by atoms with Crippen molar-refractivity contribution in [1.82, 2.24) is 4.57 Å². The monoisotopic (exact) mass is 278 g/mol. The average molecular weight is 278 g/mol. The molecule has 0 N–H and O–H groups in total. The fraction of sp³-hybridized carbons (Fsp3) is 0.231. The average Bonchev–Trinajstić information content (AvgIpc) is 2.86. The van der Waals surface area contributed by atoms with Gasteiger partial charge in [0, 0.05) is 11.6 Å². The number of carbonyl (C=O) groups is 1. The Balaban J connectivity index is 2.47. The summed E-state index contributed by atoms with van der Waals surface area (Å²) in [4.78, 5) is 15.9. The van der Waals surface area contributed by atoms with Gasteiger partial charge in [-0.3, -0.25) is 4.57 Å². The summed E-state index contributed by atoms with van der Waals surface area (Å²) in [7, 11) is 1.61. The van der Waals surface area contributed by atoms with Crippen molar-refractivity contribution < 1.29 is 14.3 Å². The van der Waals surface area contributed by atoms with Crippen molar-refractivity contribution in [2.75, 3.05) is 13.7 Å². The van der Waals surface area contributed by atoms with Crippen LogP contribution in [0.5, 0.6) is 5.75 Å². The Bertz CT molecular complexity index is 631. The fourth-order valence-corrected chi connectivity index (χ4v) is 2.30. The lowest BCUT2D eigenvalue weighted by Crippen LogP contribution is -2.15. The summed E-state index contributed by atoms with van der Waals surface area (Å²) in [5.41, 5.74) is 0.828. The number of aromatic nitrogens is 1. The molecule has 5 nitrogen and oxygen atoms in total. The van der Waals surface area contributed by atoms with Crippen molar-refractivity contribution in [3.63, 3.8) is 0 Å². The first-order chi connectivity index (χ1) is 9.26. The molecular weight excluding hydrogens is 264 g/mol. The maximum Gasteiger partial charge on any atom is 0.436 e. The van der Waals surface area contributed by atoms with Gasteiger partial charge in [-0.1, -0.05) is 12.1 Å². The maximum atomic E-state index is 11.4. The molecule has 0 bridgehead atoms. The minimum Gasteiger partial charge on any atom is -0.495 e. The fourth-order valence-electron chi connectivity index (χ4n) is 1.60. The van der Waals surface area contributed by atoms with Crippen molar-refractivity contribution in [2.45, 2.75) is 6.92 Å². The minimum absolute atomic E-state index is 0.308. The molecule has 0 saturated carbocycles. The number of methoxy groups -OCH3 is 1. The molecule has 0 atom stereocenters. The molecule has 1 aromatic carbocycles. The molecule has 2 aromatic rings. The zero-order valence-corrected chi connectivity index (χ0v) is 11.5.